The molecule has 0 spiro atoms. The maximum atomic E-state index is 12.0. The van der Waals surface area contributed by atoms with Crippen molar-refractivity contribution < 1.29 is 8.42 Å². The summed E-state index contributed by atoms with van der Waals surface area (Å²) in [6.45, 7) is 2.58. The van der Waals surface area contributed by atoms with Crippen LogP contribution >= 0.6 is 0 Å². The topological polar surface area (TPSA) is 109 Å². The third-order valence-corrected chi connectivity index (χ3v) is 4.95. The molecule has 1 aromatic carbocycles. The first-order valence-electron chi connectivity index (χ1n) is 8.99. The molecule has 3 N–H and O–H groups in total. The number of pyridine rings is 1. The summed E-state index contributed by atoms with van der Waals surface area (Å²) in [5.41, 5.74) is 2.77. The molecule has 3 rings (SSSR count). The Labute approximate surface area is 170 Å². The first-order chi connectivity index (χ1) is 14.0. The Kier molecular flexibility index (Phi) is 6.88. The van der Waals surface area contributed by atoms with Crippen LogP contribution in [0.2, 0.25) is 0 Å². The van der Waals surface area contributed by atoms with Crippen LogP contribution in [0.1, 0.15) is 11.1 Å². The first-order valence-corrected chi connectivity index (χ1v) is 10.5. The lowest BCUT2D eigenvalue weighted by Gasteiger charge is -2.07. The van der Waals surface area contributed by atoms with Gasteiger partial charge in [-0.1, -0.05) is 29.8 Å². The summed E-state index contributed by atoms with van der Waals surface area (Å²) in [4.78, 5) is 4.02. The zero-order valence-electron chi connectivity index (χ0n) is 15.9. The van der Waals surface area contributed by atoms with Gasteiger partial charge in [0.25, 0.3) is 0 Å². The number of benzene rings is 1. The van der Waals surface area contributed by atoms with E-state index in [-0.39, 0.29) is 6.54 Å². The second kappa shape index (κ2) is 9.76. The number of sulfonamides is 1. The average Bonchev–Trinajstić information content (AvgIpc) is 2.73. The minimum absolute atomic E-state index is 0.220. The molecule has 0 fully saturated rings. The predicted octanol–water partition coefficient (Wildman–Crippen LogP) is 2.93. The minimum Gasteiger partial charge on any atom is -0.367 e. The fourth-order valence-electron chi connectivity index (χ4n) is 2.36. The van der Waals surface area contributed by atoms with Crippen LogP contribution in [0.5, 0.6) is 0 Å². The highest BCUT2D eigenvalue weighted by Crippen LogP contribution is 2.12. The molecule has 0 aliphatic heterocycles. The summed E-state index contributed by atoms with van der Waals surface area (Å²) < 4.78 is 26.6. The van der Waals surface area contributed by atoms with E-state index in [0.717, 1.165) is 22.2 Å². The molecule has 0 amide bonds. The second-order valence-corrected chi connectivity index (χ2v) is 7.90. The number of hydrogen-bond donors (Lipinski definition) is 3. The van der Waals surface area contributed by atoms with Crippen LogP contribution in [0, 0.1) is 6.92 Å². The van der Waals surface area contributed by atoms with Crippen molar-refractivity contribution in [2.24, 2.45) is 0 Å². The normalized spacial score (nSPS) is 11.5. The van der Waals surface area contributed by atoms with E-state index in [4.69, 9.17) is 0 Å². The maximum absolute atomic E-state index is 12.0. The van der Waals surface area contributed by atoms with Gasteiger partial charge >= 0.3 is 0 Å². The lowest BCUT2D eigenvalue weighted by molar-refractivity contribution is 0.592. The molecule has 0 bridgehead atoms. The van der Waals surface area contributed by atoms with Crippen molar-refractivity contribution >= 4 is 33.4 Å². The van der Waals surface area contributed by atoms with Crippen LogP contribution in [0.15, 0.2) is 66.3 Å². The summed E-state index contributed by atoms with van der Waals surface area (Å²) in [5.74, 6) is 1.14. The zero-order chi connectivity index (χ0) is 20.5. The molecule has 0 aliphatic carbocycles. The third-order valence-electron chi connectivity index (χ3n) is 3.85. The largest absolute Gasteiger partial charge is 0.367 e. The van der Waals surface area contributed by atoms with Crippen molar-refractivity contribution in [3.8, 4) is 0 Å². The summed E-state index contributed by atoms with van der Waals surface area (Å²) in [6.07, 6.45) is 4.94. The van der Waals surface area contributed by atoms with Crippen molar-refractivity contribution in [3.63, 3.8) is 0 Å². The van der Waals surface area contributed by atoms with E-state index in [1.165, 1.54) is 0 Å². The molecule has 9 heteroatoms. The molecule has 8 nitrogen and oxygen atoms in total. The van der Waals surface area contributed by atoms with E-state index in [2.05, 4.69) is 30.5 Å². The average molecular weight is 411 g/mol. The molecule has 150 valence electrons. The van der Waals surface area contributed by atoms with E-state index >= 15 is 0 Å². The Bertz CT molecular complexity index is 1040. The summed E-state index contributed by atoms with van der Waals surface area (Å²) in [7, 11) is -3.51. The standard InChI is InChI=1S/C20H22N6O2S/c1-16-4-6-17(7-5-16)10-14-29(27,28)23-13-12-22-19-8-9-20(26-25-19)24-18-3-2-11-21-15-18/h2-11,14-15,23H,12-13H2,1H3,(H,22,25)(H,24,26)/b14-10+. The second-order valence-electron chi connectivity index (χ2n) is 6.25. The Balaban J connectivity index is 1.43. The number of nitrogens with zero attached hydrogens (tertiary/aromatic N) is 3. The SMILES string of the molecule is Cc1ccc(/C=C/S(=O)(=O)NCCNc2ccc(Nc3cccnc3)nn2)cc1. The Morgan fingerprint density at radius 1 is 0.966 bits per heavy atom. The lowest BCUT2D eigenvalue weighted by atomic mass is 10.2. The lowest BCUT2D eigenvalue weighted by Crippen LogP contribution is -2.27. The zero-order valence-corrected chi connectivity index (χ0v) is 16.7. The van der Waals surface area contributed by atoms with Crippen molar-refractivity contribution in [1.29, 1.82) is 0 Å². The van der Waals surface area contributed by atoms with Crippen molar-refractivity contribution in [2.45, 2.75) is 6.92 Å². The Morgan fingerprint density at radius 3 is 2.41 bits per heavy atom. The van der Waals surface area contributed by atoms with Gasteiger partial charge in [-0.15, -0.1) is 10.2 Å². The summed E-state index contributed by atoms with van der Waals surface area (Å²) >= 11 is 0. The van der Waals surface area contributed by atoms with Crippen LogP contribution < -0.4 is 15.4 Å². The maximum Gasteiger partial charge on any atom is 0.233 e. The predicted molar refractivity (Wildman–Crippen MR) is 115 cm³/mol. The fourth-order valence-corrected chi connectivity index (χ4v) is 3.17. The minimum atomic E-state index is -3.51. The van der Waals surface area contributed by atoms with E-state index in [0.29, 0.717) is 18.2 Å². The van der Waals surface area contributed by atoms with Gasteiger partial charge in [-0.3, -0.25) is 4.98 Å². The van der Waals surface area contributed by atoms with E-state index in [1.54, 1.807) is 30.6 Å². The van der Waals surface area contributed by atoms with Crippen molar-refractivity contribution in [1.82, 2.24) is 19.9 Å². The van der Waals surface area contributed by atoms with Crippen LogP contribution in [0.4, 0.5) is 17.3 Å². The molecule has 0 unspecified atom stereocenters. The van der Waals surface area contributed by atoms with Gasteiger partial charge in [0.1, 0.15) is 5.82 Å². The quantitative estimate of drug-likeness (QED) is 0.465. The van der Waals surface area contributed by atoms with Crippen LogP contribution in [-0.2, 0) is 10.0 Å². The first kappa shape index (κ1) is 20.4. The molecule has 3 aromatic rings. The number of nitrogens with one attached hydrogen (secondary N) is 3. The molecule has 0 aliphatic rings. The van der Waals surface area contributed by atoms with E-state index in [9.17, 15) is 8.42 Å². The van der Waals surface area contributed by atoms with Gasteiger partial charge in [0.15, 0.2) is 5.82 Å². The third kappa shape index (κ3) is 6.98. The van der Waals surface area contributed by atoms with Crippen molar-refractivity contribution in [2.75, 3.05) is 23.7 Å². The number of aryl methyl sites for hydroxylation is 1. The number of aromatic nitrogens is 3. The molecule has 0 saturated heterocycles. The molecular weight excluding hydrogens is 388 g/mol. The molecule has 0 radical (unpaired) electrons. The summed E-state index contributed by atoms with van der Waals surface area (Å²) in [6, 6.07) is 14.8. The van der Waals surface area contributed by atoms with Crippen LogP contribution in [0.3, 0.4) is 0 Å². The van der Waals surface area contributed by atoms with E-state index < -0.39 is 10.0 Å². The van der Waals surface area contributed by atoms with Gasteiger partial charge in [-0.2, -0.15) is 0 Å². The molecular formula is C20H22N6O2S. The monoisotopic (exact) mass is 410 g/mol. The van der Waals surface area contributed by atoms with Gasteiger partial charge in [0, 0.05) is 24.7 Å². The highest BCUT2D eigenvalue weighted by molar-refractivity contribution is 7.92. The van der Waals surface area contributed by atoms with Gasteiger partial charge < -0.3 is 10.6 Å². The molecule has 0 saturated carbocycles. The van der Waals surface area contributed by atoms with Crippen molar-refractivity contribution in [3.05, 3.63) is 77.5 Å². The number of rotatable bonds is 9. The van der Waals surface area contributed by atoms with Crippen LogP contribution in [0.25, 0.3) is 6.08 Å². The van der Waals surface area contributed by atoms with Gasteiger partial charge in [0.2, 0.25) is 10.0 Å². The summed E-state index contributed by atoms with van der Waals surface area (Å²) in [5, 5.41) is 15.4. The smallest absolute Gasteiger partial charge is 0.233 e. The van der Waals surface area contributed by atoms with Crippen LogP contribution in [-0.4, -0.2) is 36.7 Å². The van der Waals surface area contributed by atoms with Gasteiger partial charge in [-0.25, -0.2) is 13.1 Å². The Morgan fingerprint density at radius 2 is 1.72 bits per heavy atom. The molecule has 29 heavy (non-hydrogen) atoms. The van der Waals surface area contributed by atoms with E-state index in [1.807, 2.05) is 43.3 Å². The molecule has 2 aromatic heterocycles. The molecule has 0 atom stereocenters. The highest BCUT2D eigenvalue weighted by Gasteiger charge is 2.04. The fraction of sp³-hybridized carbons (Fsp3) is 0.150. The molecule has 2 heterocycles. The number of anilines is 3. The number of hydrogen-bond acceptors (Lipinski definition) is 7. The van der Waals surface area contributed by atoms with Gasteiger partial charge in [-0.05, 0) is 42.8 Å². The Hall–Kier alpha value is -3.30. The highest BCUT2D eigenvalue weighted by atomic mass is 32.2. The van der Waals surface area contributed by atoms with Gasteiger partial charge in [0.05, 0.1) is 11.9 Å².